The molecule has 2 rings (SSSR count). The van der Waals surface area contributed by atoms with E-state index in [0.717, 1.165) is 17.8 Å². The summed E-state index contributed by atoms with van der Waals surface area (Å²) in [5.41, 5.74) is 2.37. The summed E-state index contributed by atoms with van der Waals surface area (Å²) >= 11 is 0. The summed E-state index contributed by atoms with van der Waals surface area (Å²) in [6.07, 6.45) is 5.41. The first-order valence-electron chi connectivity index (χ1n) is 6.27. The van der Waals surface area contributed by atoms with Crippen molar-refractivity contribution >= 4 is 0 Å². The molecule has 0 aliphatic heterocycles. The Kier molecular flexibility index (Phi) is 4.26. The predicted molar refractivity (Wildman–Crippen MR) is 72.3 cm³/mol. The Morgan fingerprint density at radius 2 is 2.26 bits per heavy atom. The minimum atomic E-state index is 0.439. The number of nitriles is 1. The molecular formula is C14H17N5. The van der Waals surface area contributed by atoms with E-state index in [9.17, 15) is 0 Å². The van der Waals surface area contributed by atoms with Gasteiger partial charge in [-0.3, -0.25) is 0 Å². The van der Waals surface area contributed by atoms with E-state index in [4.69, 9.17) is 5.26 Å². The Balaban J connectivity index is 2.06. The largest absolute Gasteiger partial charge is 0.333 e. The number of hydrogen-bond donors (Lipinski definition) is 1. The number of pyridine rings is 1. The molecule has 0 saturated carbocycles. The summed E-state index contributed by atoms with van der Waals surface area (Å²) in [6.45, 7) is 5.58. The van der Waals surface area contributed by atoms with Crippen LogP contribution in [-0.4, -0.2) is 20.6 Å². The third kappa shape index (κ3) is 3.63. The van der Waals surface area contributed by atoms with E-state index < -0.39 is 0 Å². The topological polar surface area (TPSA) is 66.5 Å². The first-order chi connectivity index (χ1) is 9.19. The molecule has 0 atom stereocenters. The van der Waals surface area contributed by atoms with Crippen molar-refractivity contribution in [3.05, 3.63) is 47.8 Å². The quantitative estimate of drug-likeness (QED) is 0.883. The molecule has 2 aromatic rings. The zero-order valence-corrected chi connectivity index (χ0v) is 11.2. The monoisotopic (exact) mass is 255 g/mol. The first-order valence-corrected chi connectivity index (χ1v) is 6.27. The van der Waals surface area contributed by atoms with Crippen LogP contribution in [0.5, 0.6) is 0 Å². The lowest BCUT2D eigenvalue weighted by Crippen LogP contribution is -2.21. The van der Waals surface area contributed by atoms with Gasteiger partial charge >= 0.3 is 0 Å². The van der Waals surface area contributed by atoms with Crippen LogP contribution in [0.15, 0.2) is 30.9 Å². The van der Waals surface area contributed by atoms with Crippen molar-refractivity contribution in [3.8, 4) is 6.07 Å². The van der Waals surface area contributed by atoms with Crippen molar-refractivity contribution in [3.63, 3.8) is 0 Å². The van der Waals surface area contributed by atoms with Gasteiger partial charge in [0.1, 0.15) is 11.8 Å². The molecule has 0 amide bonds. The van der Waals surface area contributed by atoms with E-state index in [1.807, 2.05) is 22.9 Å². The summed E-state index contributed by atoms with van der Waals surface area (Å²) < 4.78 is 1.97. The zero-order valence-electron chi connectivity index (χ0n) is 11.2. The van der Waals surface area contributed by atoms with Gasteiger partial charge in [-0.15, -0.1) is 0 Å². The van der Waals surface area contributed by atoms with Crippen molar-refractivity contribution < 1.29 is 0 Å². The maximum atomic E-state index is 9.00. The Morgan fingerprint density at radius 1 is 1.42 bits per heavy atom. The molecule has 0 spiro atoms. The Morgan fingerprint density at radius 3 is 3.00 bits per heavy atom. The van der Waals surface area contributed by atoms with Crippen LogP contribution >= 0.6 is 0 Å². The average molecular weight is 255 g/mol. The number of hydrogen-bond acceptors (Lipinski definition) is 4. The molecule has 0 unspecified atom stereocenters. The smallest absolute Gasteiger partial charge is 0.145 e. The van der Waals surface area contributed by atoms with Crippen LogP contribution in [0.4, 0.5) is 0 Å². The van der Waals surface area contributed by atoms with Gasteiger partial charge in [0.05, 0.1) is 18.6 Å². The second-order valence-electron chi connectivity index (χ2n) is 4.70. The predicted octanol–water partition coefficient (Wildman–Crippen LogP) is 1.70. The van der Waals surface area contributed by atoms with Crippen LogP contribution < -0.4 is 5.32 Å². The highest BCUT2D eigenvalue weighted by molar-refractivity contribution is 5.30. The summed E-state index contributed by atoms with van der Waals surface area (Å²) in [5, 5.41) is 12.3. The van der Waals surface area contributed by atoms with E-state index in [-0.39, 0.29) is 0 Å². The molecule has 2 aromatic heterocycles. The van der Waals surface area contributed by atoms with Crippen LogP contribution in [0.25, 0.3) is 0 Å². The van der Waals surface area contributed by atoms with Crippen molar-refractivity contribution in [1.82, 2.24) is 19.9 Å². The van der Waals surface area contributed by atoms with Crippen molar-refractivity contribution in [1.29, 1.82) is 5.26 Å². The van der Waals surface area contributed by atoms with Gasteiger partial charge in [-0.25, -0.2) is 9.97 Å². The van der Waals surface area contributed by atoms with Crippen LogP contribution in [-0.2, 0) is 13.1 Å². The number of aromatic nitrogens is 3. The van der Waals surface area contributed by atoms with Gasteiger partial charge in [-0.1, -0.05) is 19.9 Å². The number of nitrogens with one attached hydrogen (secondary N) is 1. The molecule has 0 fully saturated rings. The Labute approximate surface area is 112 Å². The molecule has 1 N–H and O–H groups in total. The summed E-state index contributed by atoms with van der Waals surface area (Å²) in [6, 6.07) is 6.30. The normalized spacial score (nSPS) is 10.6. The molecular weight excluding hydrogens is 238 g/mol. The lowest BCUT2D eigenvalue weighted by atomic mass is 10.2. The van der Waals surface area contributed by atoms with Gasteiger partial charge in [0.15, 0.2) is 0 Å². The molecule has 0 bridgehead atoms. The van der Waals surface area contributed by atoms with Crippen LogP contribution in [0.3, 0.4) is 0 Å². The highest BCUT2D eigenvalue weighted by Crippen LogP contribution is 2.07. The molecule has 2 heterocycles. The van der Waals surface area contributed by atoms with E-state index in [1.165, 1.54) is 0 Å². The number of imidazole rings is 1. The summed E-state index contributed by atoms with van der Waals surface area (Å²) in [7, 11) is 0. The number of rotatable bonds is 5. The van der Waals surface area contributed by atoms with E-state index in [0.29, 0.717) is 18.3 Å². The average Bonchev–Trinajstić information content (AvgIpc) is 2.85. The maximum absolute atomic E-state index is 9.00. The van der Waals surface area contributed by atoms with Gasteiger partial charge < -0.3 is 9.88 Å². The molecule has 98 valence electrons. The van der Waals surface area contributed by atoms with E-state index in [1.54, 1.807) is 12.5 Å². The van der Waals surface area contributed by atoms with E-state index in [2.05, 4.69) is 35.2 Å². The van der Waals surface area contributed by atoms with Crippen molar-refractivity contribution in [2.45, 2.75) is 33.0 Å². The van der Waals surface area contributed by atoms with Gasteiger partial charge in [0.2, 0.25) is 0 Å². The first kappa shape index (κ1) is 13.2. The van der Waals surface area contributed by atoms with Gasteiger partial charge in [0, 0.05) is 30.5 Å². The lowest BCUT2D eigenvalue weighted by Gasteiger charge is -2.05. The molecule has 0 radical (unpaired) electrons. The minimum Gasteiger partial charge on any atom is -0.333 e. The van der Waals surface area contributed by atoms with Crippen molar-refractivity contribution in [2.75, 3.05) is 0 Å². The fourth-order valence-corrected chi connectivity index (χ4v) is 1.76. The minimum absolute atomic E-state index is 0.439. The van der Waals surface area contributed by atoms with Gasteiger partial charge in [0.25, 0.3) is 0 Å². The molecule has 0 aromatic carbocycles. The highest BCUT2D eigenvalue weighted by atomic mass is 15.0. The Hall–Kier alpha value is -2.19. The third-order valence-corrected chi connectivity index (χ3v) is 2.73. The fraction of sp³-hybridized carbons (Fsp3) is 0.357. The zero-order chi connectivity index (χ0) is 13.7. The summed E-state index contributed by atoms with van der Waals surface area (Å²) in [4.78, 5) is 8.39. The molecule has 19 heavy (non-hydrogen) atoms. The molecule has 0 aliphatic carbocycles. The fourth-order valence-electron chi connectivity index (χ4n) is 1.76. The molecule has 5 nitrogen and oxygen atoms in total. The summed E-state index contributed by atoms with van der Waals surface area (Å²) in [5.74, 6) is 0. The van der Waals surface area contributed by atoms with Crippen molar-refractivity contribution in [2.24, 2.45) is 0 Å². The highest BCUT2D eigenvalue weighted by Gasteiger charge is 2.05. The molecule has 0 saturated heterocycles. The SMILES string of the molecule is CC(C)NCc1cn(Cc2cccnc2C#N)cn1. The van der Waals surface area contributed by atoms with Crippen LogP contribution in [0, 0.1) is 11.3 Å². The molecule has 5 heteroatoms. The second-order valence-corrected chi connectivity index (χ2v) is 4.70. The third-order valence-electron chi connectivity index (χ3n) is 2.73. The number of nitrogens with zero attached hydrogens (tertiary/aromatic N) is 4. The second kappa shape index (κ2) is 6.12. The van der Waals surface area contributed by atoms with Crippen LogP contribution in [0.1, 0.15) is 30.8 Å². The lowest BCUT2D eigenvalue weighted by molar-refractivity contribution is 0.582. The standard InChI is InChI=1S/C14H17N5/c1-11(2)17-7-13-9-19(10-18-13)8-12-4-3-5-16-14(12)6-15/h3-5,9-11,17H,7-8H2,1-2H3. The van der Waals surface area contributed by atoms with Gasteiger partial charge in [-0.2, -0.15) is 5.26 Å². The van der Waals surface area contributed by atoms with Crippen LogP contribution in [0.2, 0.25) is 0 Å². The van der Waals surface area contributed by atoms with E-state index >= 15 is 0 Å². The maximum Gasteiger partial charge on any atom is 0.145 e. The van der Waals surface area contributed by atoms with Gasteiger partial charge in [-0.05, 0) is 6.07 Å². The molecule has 0 aliphatic rings. The Bertz CT molecular complexity index is 580.